The highest BCUT2D eigenvalue weighted by molar-refractivity contribution is 7.89. The average molecular weight is 448 g/mol. The van der Waals surface area contributed by atoms with Crippen molar-refractivity contribution in [2.24, 2.45) is 11.8 Å². The number of morpholine rings is 1. The van der Waals surface area contributed by atoms with Crippen molar-refractivity contribution in [3.05, 3.63) is 40.2 Å². The summed E-state index contributed by atoms with van der Waals surface area (Å²) >= 11 is 0. The maximum atomic E-state index is 13.1. The van der Waals surface area contributed by atoms with Gasteiger partial charge in [-0.2, -0.15) is 4.31 Å². The molecule has 2 heterocycles. The molecule has 1 aliphatic carbocycles. The number of hydrogen-bond acceptors (Lipinski definition) is 5. The summed E-state index contributed by atoms with van der Waals surface area (Å²) in [5, 5.41) is 3.21. The number of nitrogens with zero attached hydrogens (tertiary/aromatic N) is 1. The molecule has 1 saturated heterocycles. The van der Waals surface area contributed by atoms with Gasteiger partial charge in [-0.15, -0.1) is 0 Å². The van der Waals surface area contributed by atoms with E-state index in [0.717, 1.165) is 19.3 Å². The van der Waals surface area contributed by atoms with Crippen molar-refractivity contribution in [2.45, 2.75) is 44.0 Å². The van der Waals surface area contributed by atoms with Crippen molar-refractivity contribution in [3.63, 3.8) is 0 Å². The van der Waals surface area contributed by atoms with Crippen molar-refractivity contribution in [2.75, 3.05) is 26.3 Å². The van der Waals surface area contributed by atoms with Crippen molar-refractivity contribution in [1.82, 2.24) is 14.6 Å². The SMILES string of the molecule is C[C@@H]1[C@H](C)CCC[C@H]1NC(=O)c1c[nH]c2ccc(S(=O)(=O)N3CCOCC3)cc2c1=O. The zero-order chi connectivity index (χ0) is 22.2. The number of H-pyrrole nitrogens is 1. The molecule has 0 radical (unpaired) electrons. The Labute approximate surface area is 182 Å². The number of pyridine rings is 1. The number of sulfonamides is 1. The number of carbonyl (C=O) groups excluding carboxylic acids is 1. The number of hydrogen-bond donors (Lipinski definition) is 2. The molecule has 2 aromatic rings. The predicted molar refractivity (Wildman–Crippen MR) is 118 cm³/mol. The summed E-state index contributed by atoms with van der Waals surface area (Å²) in [7, 11) is -3.74. The third kappa shape index (κ3) is 4.26. The van der Waals surface area contributed by atoms with E-state index in [0.29, 0.717) is 30.6 Å². The Morgan fingerprint density at radius 1 is 1.19 bits per heavy atom. The standard InChI is InChI=1S/C22H29N3O5S/c1-14-4-3-5-19(15(14)2)24-22(27)18-13-23-20-7-6-16(12-17(20)21(18)26)31(28,29)25-8-10-30-11-9-25/h6-7,12-15,19H,3-5,8-11H2,1-2H3,(H,23,26)(H,24,27)/t14-,15-,19-/m1/s1. The highest BCUT2D eigenvalue weighted by atomic mass is 32.2. The fourth-order valence-corrected chi connectivity index (χ4v) is 5.93. The first-order valence-electron chi connectivity index (χ1n) is 10.8. The molecule has 4 rings (SSSR count). The second-order valence-corrected chi connectivity index (χ2v) is 10.5. The monoisotopic (exact) mass is 447 g/mol. The zero-order valence-corrected chi connectivity index (χ0v) is 18.7. The van der Waals surface area contributed by atoms with Crippen LogP contribution in [0.1, 0.15) is 43.5 Å². The molecule has 8 nitrogen and oxygen atoms in total. The lowest BCUT2D eigenvalue weighted by molar-refractivity contribution is 0.0730. The third-order valence-electron chi connectivity index (χ3n) is 6.73. The molecule has 2 N–H and O–H groups in total. The molecule has 0 unspecified atom stereocenters. The number of amides is 1. The first-order chi connectivity index (χ1) is 14.8. The number of nitrogens with one attached hydrogen (secondary N) is 2. The first kappa shape index (κ1) is 22.0. The number of ether oxygens (including phenoxy) is 1. The Morgan fingerprint density at radius 3 is 2.68 bits per heavy atom. The quantitative estimate of drug-likeness (QED) is 0.746. The Hall–Kier alpha value is -2.23. The van der Waals surface area contributed by atoms with Crippen LogP contribution in [0.5, 0.6) is 0 Å². The molecule has 2 fully saturated rings. The van der Waals surface area contributed by atoms with E-state index in [9.17, 15) is 18.0 Å². The summed E-state index contributed by atoms with van der Waals surface area (Å²) in [5.41, 5.74) is 0.0165. The first-order valence-corrected chi connectivity index (χ1v) is 12.3. The molecule has 1 amide bonds. The van der Waals surface area contributed by atoms with Crippen molar-refractivity contribution in [1.29, 1.82) is 0 Å². The van der Waals surface area contributed by atoms with E-state index in [1.807, 2.05) is 0 Å². The van der Waals surface area contributed by atoms with Crippen molar-refractivity contribution in [3.8, 4) is 0 Å². The molecular weight excluding hydrogens is 418 g/mol. The molecule has 168 valence electrons. The molecule has 1 aromatic carbocycles. The average Bonchev–Trinajstić information content (AvgIpc) is 2.77. The molecule has 1 aromatic heterocycles. The minimum Gasteiger partial charge on any atom is -0.379 e. The molecule has 31 heavy (non-hydrogen) atoms. The number of aromatic amines is 1. The molecule has 0 bridgehead atoms. The van der Waals surface area contributed by atoms with Gasteiger partial charge >= 0.3 is 0 Å². The molecule has 0 spiro atoms. The largest absolute Gasteiger partial charge is 0.379 e. The lowest BCUT2D eigenvalue weighted by Gasteiger charge is -2.34. The van der Waals surface area contributed by atoms with E-state index in [2.05, 4.69) is 24.1 Å². The van der Waals surface area contributed by atoms with Crippen molar-refractivity contribution >= 4 is 26.8 Å². The summed E-state index contributed by atoms with van der Waals surface area (Å²) < 4.78 is 32.5. The molecule has 1 saturated carbocycles. The molecule has 9 heteroatoms. The van der Waals surface area contributed by atoms with Crippen LogP contribution < -0.4 is 10.7 Å². The van der Waals surface area contributed by atoms with E-state index in [1.165, 1.54) is 22.6 Å². The zero-order valence-electron chi connectivity index (χ0n) is 17.9. The van der Waals surface area contributed by atoms with Gasteiger partial charge < -0.3 is 15.0 Å². The normalized spacial score (nSPS) is 25.4. The smallest absolute Gasteiger partial charge is 0.256 e. The summed E-state index contributed by atoms with van der Waals surface area (Å²) in [6, 6.07) is 4.44. The van der Waals surface area contributed by atoms with Gasteiger partial charge in [0.05, 0.1) is 18.1 Å². The Morgan fingerprint density at radius 2 is 1.94 bits per heavy atom. The lowest BCUT2D eigenvalue weighted by atomic mass is 9.78. The predicted octanol–water partition coefficient (Wildman–Crippen LogP) is 2.10. The Balaban J connectivity index is 1.65. The second kappa shape index (κ2) is 8.72. The van der Waals surface area contributed by atoms with Crippen LogP contribution in [0.3, 0.4) is 0 Å². The van der Waals surface area contributed by atoms with Gasteiger partial charge in [0, 0.05) is 36.2 Å². The van der Waals surface area contributed by atoms with Gasteiger partial charge in [-0.3, -0.25) is 9.59 Å². The molecule has 1 aliphatic heterocycles. The van der Waals surface area contributed by atoms with Crippen LogP contribution in [0, 0.1) is 11.8 Å². The highest BCUT2D eigenvalue weighted by Gasteiger charge is 2.30. The maximum Gasteiger partial charge on any atom is 0.256 e. The van der Waals surface area contributed by atoms with Gasteiger partial charge in [0.2, 0.25) is 15.5 Å². The van der Waals surface area contributed by atoms with Gasteiger partial charge in [-0.25, -0.2) is 8.42 Å². The fraction of sp³-hybridized carbons (Fsp3) is 0.545. The van der Waals surface area contributed by atoms with Gasteiger partial charge in [0.15, 0.2) is 0 Å². The lowest BCUT2D eigenvalue weighted by Crippen LogP contribution is -2.44. The number of fused-ring (bicyclic) bond motifs is 1. The second-order valence-electron chi connectivity index (χ2n) is 8.60. The summed E-state index contributed by atoms with van der Waals surface area (Å²) in [6.07, 6.45) is 4.50. The van der Waals surface area contributed by atoms with Gasteiger partial charge in [0.25, 0.3) is 5.91 Å². The number of benzene rings is 1. The summed E-state index contributed by atoms with van der Waals surface area (Å²) in [6.45, 7) is 5.55. The highest BCUT2D eigenvalue weighted by Crippen LogP contribution is 2.29. The van der Waals surface area contributed by atoms with E-state index < -0.39 is 21.4 Å². The van der Waals surface area contributed by atoms with E-state index in [4.69, 9.17) is 4.74 Å². The van der Waals surface area contributed by atoms with Crippen LogP contribution in [0.15, 0.2) is 34.1 Å². The summed E-state index contributed by atoms with van der Waals surface area (Å²) in [5.74, 6) is 0.430. The van der Waals surface area contributed by atoms with Gasteiger partial charge in [-0.05, 0) is 36.5 Å². The van der Waals surface area contributed by atoms with Crippen LogP contribution in [0.4, 0.5) is 0 Å². The van der Waals surface area contributed by atoms with E-state index in [-0.39, 0.29) is 35.0 Å². The Kier molecular flexibility index (Phi) is 6.18. The minimum absolute atomic E-state index is 0.00107. The van der Waals surface area contributed by atoms with Crippen LogP contribution in [-0.4, -0.2) is 56.0 Å². The van der Waals surface area contributed by atoms with Crippen LogP contribution in [-0.2, 0) is 14.8 Å². The number of rotatable bonds is 4. The topological polar surface area (TPSA) is 109 Å². The molecular formula is C22H29N3O5S. The Bertz CT molecular complexity index is 1140. The van der Waals surface area contributed by atoms with Crippen LogP contribution in [0.25, 0.3) is 10.9 Å². The molecule has 3 atom stereocenters. The number of carbonyl (C=O) groups is 1. The maximum absolute atomic E-state index is 13.1. The third-order valence-corrected chi connectivity index (χ3v) is 8.62. The minimum atomic E-state index is -3.74. The van der Waals surface area contributed by atoms with Gasteiger partial charge in [0.1, 0.15) is 5.56 Å². The van der Waals surface area contributed by atoms with E-state index in [1.54, 1.807) is 6.07 Å². The van der Waals surface area contributed by atoms with E-state index >= 15 is 0 Å². The van der Waals surface area contributed by atoms with Crippen molar-refractivity contribution < 1.29 is 17.9 Å². The summed E-state index contributed by atoms with van der Waals surface area (Å²) in [4.78, 5) is 29.0. The molecule has 2 aliphatic rings. The van der Waals surface area contributed by atoms with Crippen LogP contribution in [0.2, 0.25) is 0 Å². The van der Waals surface area contributed by atoms with Crippen LogP contribution >= 0.6 is 0 Å². The fourth-order valence-electron chi connectivity index (χ4n) is 4.49. The number of aromatic nitrogens is 1. The van der Waals surface area contributed by atoms with Gasteiger partial charge in [-0.1, -0.05) is 26.7 Å².